The van der Waals surface area contributed by atoms with Crippen LogP contribution in [0.2, 0.25) is 5.02 Å². The number of rotatable bonds is 7. The zero-order chi connectivity index (χ0) is 21.8. The summed E-state index contributed by atoms with van der Waals surface area (Å²) in [6.45, 7) is 2.02. The summed E-state index contributed by atoms with van der Waals surface area (Å²) in [6.07, 6.45) is 0. The van der Waals surface area contributed by atoms with Gasteiger partial charge in [-0.15, -0.1) is 10.2 Å². The highest BCUT2D eigenvalue weighted by Crippen LogP contribution is 2.28. The summed E-state index contributed by atoms with van der Waals surface area (Å²) in [4.78, 5) is 14.4. The van der Waals surface area contributed by atoms with Crippen molar-refractivity contribution in [2.45, 2.75) is 18.1 Å². The van der Waals surface area contributed by atoms with Gasteiger partial charge in [0.25, 0.3) is 0 Å². The summed E-state index contributed by atoms with van der Waals surface area (Å²) in [5, 5.41) is 12.4. The minimum Gasteiger partial charge on any atom is -0.323 e. The van der Waals surface area contributed by atoms with Gasteiger partial charge < -0.3 is 5.32 Å². The Labute approximate surface area is 191 Å². The molecule has 0 fully saturated rings. The summed E-state index contributed by atoms with van der Waals surface area (Å²) in [6, 6.07) is 11.8. The Balaban J connectivity index is 1.81. The summed E-state index contributed by atoms with van der Waals surface area (Å²) >= 11 is 10.4. The molecule has 1 heterocycles. The summed E-state index contributed by atoms with van der Waals surface area (Å²) < 4.78 is 16.5. The van der Waals surface area contributed by atoms with Gasteiger partial charge in [0.1, 0.15) is 5.82 Å². The lowest BCUT2D eigenvalue weighted by Crippen LogP contribution is -2.21. The first-order valence-corrected chi connectivity index (χ1v) is 11.2. The molecule has 0 saturated heterocycles. The average Bonchev–Trinajstić information content (AvgIpc) is 3.12. The molecule has 3 aromatic rings. The number of hydrogen-bond donors (Lipinski definition) is 1. The second-order valence-corrected chi connectivity index (χ2v) is 9.05. The number of aromatic nitrogens is 3. The van der Waals surface area contributed by atoms with Crippen LogP contribution in [0.5, 0.6) is 0 Å². The number of amides is 1. The lowest BCUT2D eigenvalue weighted by atomic mass is 10.2. The summed E-state index contributed by atoms with van der Waals surface area (Å²) in [7, 11) is 3.91. The Morgan fingerprint density at radius 2 is 1.97 bits per heavy atom. The first-order valence-electron chi connectivity index (χ1n) is 9.01. The molecule has 2 aromatic carbocycles. The fourth-order valence-corrected chi connectivity index (χ4v) is 3.83. The lowest BCUT2D eigenvalue weighted by Gasteiger charge is -2.20. The molecule has 0 unspecified atom stereocenters. The number of nitrogens with one attached hydrogen (secondary N) is 1. The van der Waals surface area contributed by atoms with E-state index in [4.69, 9.17) is 11.6 Å². The molecule has 1 atom stereocenters. The molecule has 6 nitrogen and oxygen atoms in total. The van der Waals surface area contributed by atoms with Crippen molar-refractivity contribution in [2.24, 2.45) is 0 Å². The number of hydrogen-bond acceptors (Lipinski definition) is 5. The second kappa shape index (κ2) is 9.91. The van der Waals surface area contributed by atoms with Crippen LogP contribution in [0.15, 0.2) is 52.1 Å². The van der Waals surface area contributed by atoms with Crippen molar-refractivity contribution in [1.82, 2.24) is 19.7 Å². The molecule has 1 amide bonds. The van der Waals surface area contributed by atoms with E-state index in [0.717, 1.165) is 11.5 Å². The van der Waals surface area contributed by atoms with Crippen LogP contribution in [-0.2, 0) is 4.79 Å². The highest BCUT2D eigenvalue weighted by molar-refractivity contribution is 9.10. The van der Waals surface area contributed by atoms with Gasteiger partial charge in [-0.05, 0) is 63.5 Å². The van der Waals surface area contributed by atoms with Gasteiger partial charge in [-0.2, -0.15) is 0 Å². The van der Waals surface area contributed by atoms with Crippen LogP contribution in [0.4, 0.5) is 10.1 Å². The molecule has 0 aliphatic heterocycles. The predicted octanol–water partition coefficient (Wildman–Crippen LogP) is 5.18. The van der Waals surface area contributed by atoms with E-state index < -0.39 is 5.82 Å². The zero-order valence-electron chi connectivity index (χ0n) is 16.6. The Morgan fingerprint density at radius 3 is 2.60 bits per heavy atom. The highest BCUT2D eigenvalue weighted by Gasteiger charge is 2.21. The van der Waals surface area contributed by atoms with Gasteiger partial charge in [-0.3, -0.25) is 14.3 Å². The molecular formula is C20H20BrClFN5OS. The molecule has 3 rings (SSSR count). The number of thioether (sulfide) groups is 1. The lowest BCUT2D eigenvalue weighted by molar-refractivity contribution is -0.113. The second-order valence-electron chi connectivity index (χ2n) is 6.75. The molecule has 0 bridgehead atoms. The quantitative estimate of drug-likeness (QED) is 0.442. The molecule has 0 aliphatic carbocycles. The molecule has 30 heavy (non-hydrogen) atoms. The van der Waals surface area contributed by atoms with E-state index in [1.165, 1.54) is 23.9 Å². The van der Waals surface area contributed by atoms with Crippen molar-refractivity contribution in [1.29, 1.82) is 0 Å². The first kappa shape index (κ1) is 22.7. The monoisotopic (exact) mass is 511 g/mol. The molecule has 158 valence electrons. The zero-order valence-corrected chi connectivity index (χ0v) is 19.7. The third-order valence-electron chi connectivity index (χ3n) is 4.43. The molecule has 0 radical (unpaired) electrons. The van der Waals surface area contributed by atoms with Crippen LogP contribution in [0.25, 0.3) is 5.69 Å². The number of carbonyl (C=O) groups is 1. The molecule has 1 aromatic heterocycles. The van der Waals surface area contributed by atoms with Gasteiger partial charge in [0.05, 0.1) is 17.5 Å². The Bertz CT molecular complexity index is 1040. The maximum Gasteiger partial charge on any atom is 0.234 e. The standard InChI is InChI=1S/C20H20BrClFN5OS/c1-12(27(2)3)19-25-26-20(28(19)15-7-5-14(22)6-8-15)30-11-18(29)24-17-9-4-13(21)10-16(17)23/h4-10,12H,11H2,1-3H3,(H,24,29)/t12-/m1/s1. The smallest absolute Gasteiger partial charge is 0.234 e. The maximum atomic E-state index is 14.0. The van der Waals surface area contributed by atoms with E-state index >= 15 is 0 Å². The number of benzene rings is 2. The normalized spacial score (nSPS) is 12.2. The van der Waals surface area contributed by atoms with Crippen molar-refractivity contribution in [3.8, 4) is 5.69 Å². The first-order chi connectivity index (χ1) is 14.3. The van der Waals surface area contributed by atoms with E-state index in [2.05, 4.69) is 31.4 Å². The average molecular weight is 513 g/mol. The van der Waals surface area contributed by atoms with E-state index in [1.54, 1.807) is 18.2 Å². The largest absolute Gasteiger partial charge is 0.323 e. The van der Waals surface area contributed by atoms with Gasteiger partial charge in [-0.25, -0.2) is 4.39 Å². The molecular weight excluding hydrogens is 493 g/mol. The molecule has 0 spiro atoms. The van der Waals surface area contributed by atoms with E-state index in [0.29, 0.717) is 14.7 Å². The van der Waals surface area contributed by atoms with Crippen molar-refractivity contribution in [3.05, 3.63) is 63.6 Å². The fourth-order valence-electron chi connectivity index (χ4n) is 2.62. The van der Waals surface area contributed by atoms with Crippen LogP contribution in [-0.4, -0.2) is 45.4 Å². The van der Waals surface area contributed by atoms with Gasteiger partial charge in [0.2, 0.25) is 5.91 Å². The minimum atomic E-state index is -0.505. The third-order valence-corrected chi connectivity index (χ3v) is 6.10. The van der Waals surface area contributed by atoms with Crippen LogP contribution in [0.3, 0.4) is 0 Å². The Kier molecular flexibility index (Phi) is 7.51. The maximum absolute atomic E-state index is 14.0. The van der Waals surface area contributed by atoms with Crippen LogP contribution >= 0.6 is 39.3 Å². The van der Waals surface area contributed by atoms with Gasteiger partial charge in [0, 0.05) is 15.2 Å². The van der Waals surface area contributed by atoms with E-state index in [1.807, 2.05) is 42.6 Å². The number of carbonyl (C=O) groups excluding carboxylic acids is 1. The fraction of sp³-hybridized carbons (Fsp3) is 0.250. The third kappa shape index (κ3) is 5.40. The van der Waals surface area contributed by atoms with Crippen LogP contribution in [0, 0.1) is 5.82 Å². The Hall–Kier alpha value is -1.94. The summed E-state index contributed by atoms with van der Waals surface area (Å²) in [5.74, 6) is -0.0511. The number of halogens is 3. The van der Waals surface area contributed by atoms with Crippen molar-refractivity contribution >= 4 is 50.9 Å². The highest BCUT2D eigenvalue weighted by atomic mass is 79.9. The van der Waals surface area contributed by atoms with Gasteiger partial charge in [0.15, 0.2) is 11.0 Å². The SMILES string of the molecule is C[C@H](c1nnc(SCC(=O)Nc2ccc(Br)cc2F)n1-c1ccc(Cl)cc1)N(C)C. The predicted molar refractivity (Wildman–Crippen MR) is 122 cm³/mol. The van der Waals surface area contributed by atoms with Crippen molar-refractivity contribution in [3.63, 3.8) is 0 Å². The molecule has 1 N–H and O–H groups in total. The Morgan fingerprint density at radius 1 is 1.27 bits per heavy atom. The van der Waals surface area contributed by atoms with E-state index in [-0.39, 0.29) is 23.4 Å². The molecule has 0 saturated carbocycles. The number of nitrogens with zero attached hydrogens (tertiary/aromatic N) is 4. The topological polar surface area (TPSA) is 63.1 Å². The molecule has 10 heteroatoms. The van der Waals surface area contributed by atoms with Crippen LogP contribution in [0.1, 0.15) is 18.8 Å². The van der Waals surface area contributed by atoms with Gasteiger partial charge >= 0.3 is 0 Å². The van der Waals surface area contributed by atoms with Crippen LogP contribution < -0.4 is 5.32 Å². The number of anilines is 1. The van der Waals surface area contributed by atoms with E-state index in [9.17, 15) is 9.18 Å². The minimum absolute atomic E-state index is 0.00628. The van der Waals surface area contributed by atoms with Crippen molar-refractivity contribution < 1.29 is 9.18 Å². The van der Waals surface area contributed by atoms with Crippen molar-refractivity contribution in [2.75, 3.05) is 25.2 Å². The van der Waals surface area contributed by atoms with Gasteiger partial charge in [-0.1, -0.05) is 39.3 Å². The molecule has 0 aliphatic rings. The summed E-state index contributed by atoms with van der Waals surface area (Å²) in [5.41, 5.74) is 0.972.